The van der Waals surface area contributed by atoms with Crippen molar-refractivity contribution in [3.05, 3.63) is 0 Å². The maximum Gasteiger partial charge on any atom is 0.462 e. The third-order valence-corrected chi connectivity index (χ3v) is 4.76. The van der Waals surface area contributed by atoms with E-state index in [1.165, 1.54) is 6.92 Å². The summed E-state index contributed by atoms with van der Waals surface area (Å²) < 4.78 is 145. The number of alkyl halides is 10. The molecule has 1 aliphatic heterocycles. The molecule has 0 radical (unpaired) electrons. The lowest BCUT2D eigenvalue weighted by molar-refractivity contribution is -0.552. The summed E-state index contributed by atoms with van der Waals surface area (Å²) in [5.41, 5.74) is -10.6. The summed E-state index contributed by atoms with van der Waals surface area (Å²) >= 11 is 0. The molecule has 0 bridgehead atoms. The van der Waals surface area contributed by atoms with Crippen LogP contribution in [0.25, 0.3) is 0 Å². The number of hydrogen-bond acceptors (Lipinski definition) is 4. The lowest BCUT2D eigenvalue weighted by Crippen LogP contribution is -2.86. The molecule has 1 rings (SSSR count). The van der Waals surface area contributed by atoms with Crippen LogP contribution in [0.5, 0.6) is 0 Å². The summed E-state index contributed by atoms with van der Waals surface area (Å²) in [5.74, 6) is -21.7. The molecule has 166 valence electrons. The molecule has 14 heteroatoms. The second-order valence-electron chi connectivity index (χ2n) is 6.70. The van der Waals surface area contributed by atoms with Gasteiger partial charge in [0.05, 0.1) is 5.92 Å². The van der Waals surface area contributed by atoms with Crippen LogP contribution >= 0.6 is 0 Å². The van der Waals surface area contributed by atoms with Crippen LogP contribution < -0.4 is 0 Å². The maximum atomic E-state index is 14.5. The molecule has 0 aromatic rings. The molecule has 1 aliphatic rings. The Morgan fingerprint density at radius 3 is 1.75 bits per heavy atom. The first-order valence-electron chi connectivity index (χ1n) is 7.62. The fourth-order valence-corrected chi connectivity index (χ4v) is 2.42. The van der Waals surface area contributed by atoms with Crippen molar-refractivity contribution in [2.75, 3.05) is 0 Å². The number of carbonyl (C=O) groups excluding carboxylic acids is 1. The lowest BCUT2D eigenvalue weighted by atomic mass is 9.73. The predicted octanol–water partition coefficient (Wildman–Crippen LogP) is 4.21. The molecule has 0 saturated carbocycles. The minimum Gasteiger partial charge on any atom is -0.418 e. The largest absolute Gasteiger partial charge is 0.462 e. The Kier molecular flexibility index (Phi) is 5.60. The van der Waals surface area contributed by atoms with Gasteiger partial charge in [0, 0.05) is 0 Å². The Bertz CT molecular complexity index is 627. The molecule has 4 unspecified atom stereocenters. The molecular weight excluding hydrogens is 422 g/mol. The first-order valence-corrected chi connectivity index (χ1v) is 7.62. The predicted molar refractivity (Wildman–Crippen MR) is 70.4 cm³/mol. The molecule has 28 heavy (non-hydrogen) atoms. The summed E-state index contributed by atoms with van der Waals surface area (Å²) in [6.45, 7) is 0.810. The number of rotatable bonds is 3. The van der Waals surface area contributed by atoms with Crippen LogP contribution in [-0.2, 0) is 14.3 Å². The highest BCUT2D eigenvalue weighted by atomic mass is 19.4. The molecule has 0 spiro atoms. The quantitative estimate of drug-likeness (QED) is 0.530. The molecule has 0 aromatic carbocycles. The van der Waals surface area contributed by atoms with Crippen LogP contribution in [0.3, 0.4) is 0 Å². The summed E-state index contributed by atoms with van der Waals surface area (Å²) in [5, 5.41) is 9.57. The summed E-state index contributed by atoms with van der Waals surface area (Å²) in [4.78, 5) is 11.7. The zero-order valence-electron chi connectivity index (χ0n) is 14.7. The Morgan fingerprint density at radius 1 is 1.00 bits per heavy atom. The van der Waals surface area contributed by atoms with Gasteiger partial charge < -0.3 is 14.6 Å². The standard InChI is InChI=1S/C14H16F10O4/c1-5-6(2)7(25)27-12(14(22,23)24)11(17,18)8(3,26)10(15,16)9(4,28-12)13(19,20)21/h6,26H,5H2,1-4H3. The maximum absolute atomic E-state index is 14.5. The van der Waals surface area contributed by atoms with Crippen molar-refractivity contribution in [2.45, 2.75) is 75.3 Å². The molecule has 4 nitrogen and oxygen atoms in total. The molecule has 1 saturated heterocycles. The van der Waals surface area contributed by atoms with Crippen molar-refractivity contribution in [1.82, 2.24) is 0 Å². The van der Waals surface area contributed by atoms with Crippen LogP contribution in [0.2, 0.25) is 0 Å². The van der Waals surface area contributed by atoms with Gasteiger partial charge in [-0.1, -0.05) is 13.8 Å². The molecule has 0 amide bonds. The topological polar surface area (TPSA) is 55.8 Å². The summed E-state index contributed by atoms with van der Waals surface area (Å²) in [7, 11) is 0. The molecule has 1 fully saturated rings. The minimum atomic E-state index is -6.65. The van der Waals surface area contributed by atoms with Gasteiger partial charge >= 0.3 is 36.0 Å². The van der Waals surface area contributed by atoms with Gasteiger partial charge in [0.1, 0.15) is 0 Å². The Balaban J connectivity index is 3.91. The van der Waals surface area contributed by atoms with E-state index in [0.717, 1.165) is 6.92 Å². The number of ether oxygens (including phenoxy) is 2. The van der Waals surface area contributed by atoms with Gasteiger partial charge in [0.2, 0.25) is 5.60 Å². The second-order valence-corrected chi connectivity index (χ2v) is 6.70. The van der Waals surface area contributed by atoms with Crippen LogP contribution in [0.4, 0.5) is 43.9 Å². The highest BCUT2D eigenvalue weighted by Crippen LogP contribution is 2.65. The van der Waals surface area contributed by atoms with E-state index in [0.29, 0.717) is 0 Å². The fraction of sp³-hybridized carbons (Fsp3) is 0.929. The summed E-state index contributed by atoms with van der Waals surface area (Å²) in [6.07, 6.45) is -13.3. The van der Waals surface area contributed by atoms with E-state index in [9.17, 15) is 53.8 Å². The smallest absolute Gasteiger partial charge is 0.418 e. The van der Waals surface area contributed by atoms with E-state index < -0.39 is 66.9 Å². The van der Waals surface area contributed by atoms with Crippen molar-refractivity contribution in [2.24, 2.45) is 5.92 Å². The lowest BCUT2D eigenvalue weighted by Gasteiger charge is -2.58. The molecule has 1 heterocycles. The molecular formula is C14H16F10O4. The van der Waals surface area contributed by atoms with Gasteiger partial charge in [-0.2, -0.15) is 43.9 Å². The number of aliphatic hydroxyl groups is 1. The van der Waals surface area contributed by atoms with Gasteiger partial charge in [-0.15, -0.1) is 0 Å². The number of carbonyl (C=O) groups is 1. The van der Waals surface area contributed by atoms with Crippen molar-refractivity contribution in [3.8, 4) is 0 Å². The molecule has 0 aliphatic carbocycles. The average Bonchev–Trinajstić information content (AvgIpc) is 2.48. The van der Waals surface area contributed by atoms with Gasteiger partial charge in [-0.3, -0.25) is 4.79 Å². The van der Waals surface area contributed by atoms with E-state index in [1.807, 2.05) is 0 Å². The fourth-order valence-electron chi connectivity index (χ4n) is 2.42. The summed E-state index contributed by atoms with van der Waals surface area (Å²) in [6, 6.07) is 0. The number of esters is 1. The monoisotopic (exact) mass is 438 g/mol. The normalized spacial score (nSPS) is 36.7. The Hall–Kier alpha value is -1.31. The van der Waals surface area contributed by atoms with E-state index in [2.05, 4.69) is 9.47 Å². The SMILES string of the molecule is CCC(C)C(=O)OC1(C(F)(F)F)OC(C)(C(F)(F)F)C(F)(F)C(C)(O)C1(F)F. The van der Waals surface area contributed by atoms with Gasteiger partial charge in [0.25, 0.3) is 0 Å². The van der Waals surface area contributed by atoms with E-state index >= 15 is 0 Å². The van der Waals surface area contributed by atoms with Crippen LogP contribution in [-0.4, -0.2) is 52.3 Å². The van der Waals surface area contributed by atoms with Gasteiger partial charge in [0.15, 0.2) is 5.60 Å². The van der Waals surface area contributed by atoms with E-state index in [1.54, 1.807) is 0 Å². The van der Waals surface area contributed by atoms with Crippen molar-refractivity contribution >= 4 is 5.97 Å². The molecule has 1 N–H and O–H groups in total. The Labute approximate surface area is 151 Å². The molecule has 0 aromatic heterocycles. The average molecular weight is 438 g/mol. The van der Waals surface area contributed by atoms with Gasteiger partial charge in [-0.05, 0) is 20.3 Å². The van der Waals surface area contributed by atoms with Crippen LogP contribution in [0.1, 0.15) is 34.1 Å². The zero-order valence-corrected chi connectivity index (χ0v) is 14.7. The van der Waals surface area contributed by atoms with Crippen molar-refractivity contribution in [1.29, 1.82) is 0 Å². The zero-order chi connectivity index (χ0) is 22.8. The number of hydrogen-bond donors (Lipinski definition) is 1. The number of halogens is 10. The Morgan fingerprint density at radius 2 is 1.43 bits per heavy atom. The van der Waals surface area contributed by atoms with Crippen molar-refractivity contribution in [3.63, 3.8) is 0 Å². The molecule has 4 atom stereocenters. The van der Waals surface area contributed by atoms with Crippen LogP contribution in [0.15, 0.2) is 0 Å². The minimum absolute atomic E-state index is 0.290. The third-order valence-electron chi connectivity index (χ3n) is 4.76. The highest BCUT2D eigenvalue weighted by molar-refractivity contribution is 5.72. The van der Waals surface area contributed by atoms with E-state index in [4.69, 9.17) is 0 Å². The van der Waals surface area contributed by atoms with Crippen LogP contribution in [0, 0.1) is 5.92 Å². The third kappa shape index (κ3) is 2.85. The first-order chi connectivity index (χ1) is 12.1. The van der Waals surface area contributed by atoms with Gasteiger partial charge in [-0.25, -0.2) is 0 Å². The van der Waals surface area contributed by atoms with Crippen molar-refractivity contribution < 1.29 is 63.3 Å². The second kappa shape index (κ2) is 6.34. The van der Waals surface area contributed by atoms with E-state index in [-0.39, 0.29) is 6.42 Å². The first kappa shape index (κ1) is 24.7. The highest BCUT2D eigenvalue weighted by Gasteiger charge is 2.95.